The first kappa shape index (κ1) is 21.1. The third kappa shape index (κ3) is 5.52. The predicted molar refractivity (Wildman–Crippen MR) is 120 cm³/mol. The van der Waals surface area contributed by atoms with Crippen molar-refractivity contribution in [1.29, 1.82) is 0 Å². The molecule has 1 aliphatic rings. The van der Waals surface area contributed by atoms with Gasteiger partial charge in [-0.15, -0.1) is 0 Å². The number of H-pyrrole nitrogens is 1. The Labute approximate surface area is 184 Å². The lowest BCUT2D eigenvalue weighted by Crippen LogP contribution is -2.49. The van der Waals surface area contributed by atoms with Crippen molar-refractivity contribution in [3.63, 3.8) is 0 Å². The monoisotopic (exact) mass is 438 g/mol. The third-order valence-corrected chi connectivity index (χ3v) is 6.10. The molecule has 1 amide bonds. The number of halogens is 1. The van der Waals surface area contributed by atoms with Crippen molar-refractivity contribution in [3.05, 3.63) is 88.1 Å². The van der Waals surface area contributed by atoms with Gasteiger partial charge in [0.15, 0.2) is 5.16 Å². The molecule has 31 heavy (non-hydrogen) atoms. The number of aromatic nitrogens is 2. The first-order valence-electron chi connectivity index (χ1n) is 10.1. The highest BCUT2D eigenvalue weighted by atomic mass is 32.2. The number of carbonyl (C=O) groups is 1. The van der Waals surface area contributed by atoms with E-state index >= 15 is 0 Å². The minimum atomic E-state index is -0.317. The summed E-state index contributed by atoms with van der Waals surface area (Å²) in [7, 11) is 0. The van der Waals surface area contributed by atoms with Crippen LogP contribution in [-0.2, 0) is 17.0 Å². The van der Waals surface area contributed by atoms with E-state index in [2.05, 4.69) is 27.0 Å². The number of thioether (sulfide) groups is 1. The Hall–Kier alpha value is -3.13. The Kier molecular flexibility index (Phi) is 6.66. The van der Waals surface area contributed by atoms with Crippen LogP contribution in [0.1, 0.15) is 11.3 Å². The average Bonchev–Trinajstić information content (AvgIpc) is 2.79. The quantitative estimate of drug-likeness (QED) is 0.473. The molecule has 2 heterocycles. The average molecular weight is 439 g/mol. The summed E-state index contributed by atoms with van der Waals surface area (Å²) in [5.74, 6) is 0.00301. The Balaban J connectivity index is 1.35. The number of piperazine rings is 1. The Bertz CT molecular complexity index is 1100. The van der Waals surface area contributed by atoms with Gasteiger partial charge >= 0.3 is 0 Å². The van der Waals surface area contributed by atoms with Gasteiger partial charge in [-0.05, 0) is 23.8 Å². The molecule has 0 radical (unpaired) electrons. The molecule has 1 N–H and O–H groups in total. The fraction of sp³-hybridized carbons (Fsp3) is 0.261. The van der Waals surface area contributed by atoms with Crippen molar-refractivity contribution in [3.8, 4) is 0 Å². The molecule has 2 aromatic carbocycles. The van der Waals surface area contributed by atoms with Crippen molar-refractivity contribution in [2.24, 2.45) is 0 Å². The number of hydrogen-bond donors (Lipinski definition) is 1. The summed E-state index contributed by atoms with van der Waals surface area (Å²) in [6.45, 7) is 2.79. The lowest BCUT2D eigenvalue weighted by Gasteiger charge is -2.36. The molecule has 1 aliphatic heterocycles. The fourth-order valence-corrected chi connectivity index (χ4v) is 4.40. The van der Waals surface area contributed by atoms with E-state index in [9.17, 15) is 14.0 Å². The number of nitrogens with zero attached hydrogens (tertiary/aromatic N) is 3. The van der Waals surface area contributed by atoms with E-state index in [0.717, 1.165) is 18.8 Å². The second kappa shape index (κ2) is 9.78. The molecule has 1 saturated heterocycles. The maximum Gasteiger partial charge on any atom is 0.251 e. The second-order valence-electron chi connectivity index (χ2n) is 7.30. The number of hydrogen-bond acceptors (Lipinski definition) is 5. The van der Waals surface area contributed by atoms with Crippen LogP contribution >= 0.6 is 11.8 Å². The van der Waals surface area contributed by atoms with E-state index in [4.69, 9.17) is 0 Å². The molecule has 0 unspecified atom stereocenters. The van der Waals surface area contributed by atoms with Gasteiger partial charge in [0.05, 0.1) is 12.1 Å². The lowest BCUT2D eigenvalue weighted by molar-refractivity contribution is -0.130. The van der Waals surface area contributed by atoms with Crippen molar-refractivity contribution in [2.75, 3.05) is 31.1 Å². The van der Waals surface area contributed by atoms with Crippen molar-refractivity contribution in [2.45, 2.75) is 17.3 Å². The van der Waals surface area contributed by atoms with Gasteiger partial charge in [0, 0.05) is 43.7 Å². The molecule has 0 saturated carbocycles. The van der Waals surface area contributed by atoms with Gasteiger partial charge in [-0.25, -0.2) is 9.37 Å². The molecule has 6 nitrogen and oxygen atoms in total. The van der Waals surface area contributed by atoms with Crippen LogP contribution in [0.2, 0.25) is 0 Å². The number of carbonyl (C=O) groups excluding carboxylic acids is 1. The molecule has 0 spiro atoms. The first-order chi connectivity index (χ1) is 15.1. The summed E-state index contributed by atoms with van der Waals surface area (Å²) in [6.07, 6.45) is 0.0719. The van der Waals surface area contributed by atoms with Gasteiger partial charge in [-0.3, -0.25) is 9.59 Å². The highest BCUT2D eigenvalue weighted by Gasteiger charge is 2.22. The molecule has 160 valence electrons. The molecular weight excluding hydrogens is 415 g/mol. The van der Waals surface area contributed by atoms with Crippen LogP contribution in [0.25, 0.3) is 0 Å². The number of para-hydroxylation sites is 1. The highest BCUT2D eigenvalue weighted by Crippen LogP contribution is 2.21. The molecule has 8 heteroatoms. The van der Waals surface area contributed by atoms with Crippen LogP contribution in [0.4, 0.5) is 10.1 Å². The van der Waals surface area contributed by atoms with E-state index in [1.165, 1.54) is 23.9 Å². The zero-order valence-corrected chi connectivity index (χ0v) is 17.8. The van der Waals surface area contributed by atoms with Crippen molar-refractivity contribution < 1.29 is 9.18 Å². The fourth-order valence-electron chi connectivity index (χ4n) is 3.52. The van der Waals surface area contributed by atoms with Crippen molar-refractivity contribution >= 4 is 23.4 Å². The molecule has 4 rings (SSSR count). The van der Waals surface area contributed by atoms with E-state index in [-0.39, 0.29) is 23.7 Å². The standard InChI is InChI=1S/C23H23FN4O2S/c24-20-9-5-4-6-17(20)16-31-23-25-18(14-21(29)26-23)15-22(30)28-12-10-27(11-13-28)19-7-2-1-3-8-19/h1-9,14H,10-13,15-16H2,(H,25,26,29). The molecule has 0 atom stereocenters. The zero-order valence-electron chi connectivity index (χ0n) is 17.0. The van der Waals surface area contributed by atoms with Crippen LogP contribution in [0, 0.1) is 5.82 Å². The number of benzene rings is 2. The number of amides is 1. The molecule has 1 aromatic heterocycles. The summed E-state index contributed by atoms with van der Waals surface area (Å²) < 4.78 is 13.8. The molecule has 3 aromatic rings. The van der Waals surface area contributed by atoms with E-state index in [0.29, 0.717) is 35.3 Å². The molecule has 0 bridgehead atoms. The van der Waals surface area contributed by atoms with Crippen LogP contribution < -0.4 is 10.5 Å². The Morgan fingerprint density at radius 2 is 1.74 bits per heavy atom. The topological polar surface area (TPSA) is 69.3 Å². The van der Waals surface area contributed by atoms with Crippen LogP contribution in [0.15, 0.2) is 70.6 Å². The Morgan fingerprint density at radius 1 is 1.03 bits per heavy atom. The SMILES string of the molecule is O=C(Cc1cc(=O)[nH]c(SCc2ccccc2F)n1)N1CCN(c2ccccc2)CC1. The van der Waals surface area contributed by atoms with Gasteiger partial charge < -0.3 is 14.8 Å². The first-order valence-corrected chi connectivity index (χ1v) is 11.1. The maximum atomic E-state index is 13.8. The predicted octanol–water partition coefficient (Wildman–Crippen LogP) is 3.09. The largest absolute Gasteiger partial charge is 0.368 e. The minimum Gasteiger partial charge on any atom is -0.368 e. The molecular formula is C23H23FN4O2S. The van der Waals surface area contributed by atoms with Gasteiger partial charge in [0.1, 0.15) is 5.82 Å². The number of anilines is 1. The van der Waals surface area contributed by atoms with Gasteiger partial charge in [-0.1, -0.05) is 48.2 Å². The van der Waals surface area contributed by atoms with E-state index in [1.807, 2.05) is 23.1 Å². The Morgan fingerprint density at radius 3 is 2.48 bits per heavy atom. The van der Waals surface area contributed by atoms with Crippen LogP contribution in [-0.4, -0.2) is 47.0 Å². The minimum absolute atomic E-state index is 0.0455. The number of rotatable bonds is 6. The summed E-state index contributed by atoms with van der Waals surface area (Å²) in [6, 6.07) is 18.0. The molecule has 0 aliphatic carbocycles. The smallest absolute Gasteiger partial charge is 0.251 e. The van der Waals surface area contributed by atoms with E-state index in [1.54, 1.807) is 18.2 Å². The zero-order chi connectivity index (χ0) is 21.6. The van der Waals surface area contributed by atoms with Gasteiger partial charge in [0.2, 0.25) is 5.91 Å². The summed E-state index contributed by atoms with van der Waals surface area (Å²) >= 11 is 1.24. The van der Waals surface area contributed by atoms with Crippen LogP contribution in [0.5, 0.6) is 0 Å². The second-order valence-corrected chi connectivity index (χ2v) is 8.27. The van der Waals surface area contributed by atoms with Gasteiger partial charge in [0.25, 0.3) is 5.56 Å². The number of nitrogens with one attached hydrogen (secondary N) is 1. The molecule has 1 fully saturated rings. The third-order valence-electron chi connectivity index (χ3n) is 5.18. The summed E-state index contributed by atoms with van der Waals surface area (Å²) in [5.41, 5.74) is 1.80. The number of aromatic amines is 1. The normalized spacial score (nSPS) is 14.0. The van der Waals surface area contributed by atoms with Crippen molar-refractivity contribution in [1.82, 2.24) is 14.9 Å². The summed E-state index contributed by atoms with van der Waals surface area (Å²) in [5, 5.41) is 0.382. The highest BCUT2D eigenvalue weighted by molar-refractivity contribution is 7.98. The lowest BCUT2D eigenvalue weighted by atomic mass is 10.2. The van der Waals surface area contributed by atoms with Crippen LogP contribution in [0.3, 0.4) is 0 Å². The summed E-state index contributed by atoms with van der Waals surface area (Å²) in [4.78, 5) is 35.9. The van der Waals surface area contributed by atoms with Gasteiger partial charge in [-0.2, -0.15) is 0 Å². The van der Waals surface area contributed by atoms with E-state index < -0.39 is 0 Å². The maximum absolute atomic E-state index is 13.8.